The molecule has 1 heterocycles. The average molecular weight is 526 g/mol. The minimum atomic E-state index is 0.233. The maximum atomic E-state index is 9.05. The highest BCUT2D eigenvalue weighted by molar-refractivity contribution is 5.71. The summed E-state index contributed by atoms with van der Waals surface area (Å²) >= 11 is 0. The van der Waals surface area contributed by atoms with Gasteiger partial charge in [0.2, 0.25) is 0 Å². The summed E-state index contributed by atoms with van der Waals surface area (Å²) in [4.78, 5) is 4.50. The molecule has 0 aliphatic carbocycles. The lowest BCUT2D eigenvalue weighted by Crippen LogP contribution is -2.33. The molecule has 1 aromatic heterocycles. The van der Waals surface area contributed by atoms with E-state index in [1.165, 1.54) is 33.4 Å². The molecule has 4 nitrogen and oxygen atoms in total. The Morgan fingerprint density at radius 1 is 0.769 bits per heavy atom. The van der Waals surface area contributed by atoms with Gasteiger partial charge < -0.3 is 10.2 Å². The topological polar surface area (TPSA) is 56.7 Å². The van der Waals surface area contributed by atoms with Gasteiger partial charge in [0.15, 0.2) is 12.4 Å². The number of hydrogen-bond acceptors (Lipinski definition) is 3. The van der Waals surface area contributed by atoms with Crippen LogP contribution in [0.3, 0.4) is 0 Å². The van der Waals surface area contributed by atoms with E-state index in [2.05, 4.69) is 94.8 Å². The van der Waals surface area contributed by atoms with Crippen molar-refractivity contribution in [1.82, 2.24) is 0 Å². The number of aryl methyl sites for hydroxylation is 4. The molecule has 206 valence electrons. The molecular weight excluding hydrogens is 480 g/mol. The van der Waals surface area contributed by atoms with E-state index < -0.39 is 0 Å². The zero-order valence-electron chi connectivity index (χ0n) is 23.5. The highest BCUT2D eigenvalue weighted by atomic mass is 16.3. The number of aliphatic hydroxyl groups is 2. The summed E-state index contributed by atoms with van der Waals surface area (Å²) in [6.45, 7) is 4.33. The summed E-state index contributed by atoms with van der Waals surface area (Å²) in [5.41, 5.74) is 7.75. The summed E-state index contributed by atoms with van der Waals surface area (Å²) < 4.78 is 2.26. The normalized spacial score (nSPS) is 12.1. The first-order valence-electron chi connectivity index (χ1n) is 14.4. The minimum absolute atomic E-state index is 0.233. The number of aromatic nitrogens is 1. The molecule has 2 N–H and O–H groups in total. The second kappa shape index (κ2) is 18.0. The van der Waals surface area contributed by atoms with Gasteiger partial charge >= 0.3 is 0 Å². The zero-order valence-corrected chi connectivity index (χ0v) is 23.5. The van der Waals surface area contributed by atoms with E-state index in [4.69, 9.17) is 10.2 Å². The fourth-order valence-electron chi connectivity index (χ4n) is 4.62. The minimum Gasteiger partial charge on any atom is -0.396 e. The molecule has 0 aliphatic rings. The van der Waals surface area contributed by atoms with Gasteiger partial charge in [-0.1, -0.05) is 66.3 Å². The third kappa shape index (κ3) is 11.5. The van der Waals surface area contributed by atoms with Gasteiger partial charge in [-0.2, -0.15) is 0 Å². The maximum Gasteiger partial charge on any atom is 0.171 e. The number of rotatable bonds is 17. The summed E-state index contributed by atoms with van der Waals surface area (Å²) in [6, 6.07) is 22.1. The molecule has 39 heavy (non-hydrogen) atoms. The van der Waals surface area contributed by atoms with E-state index in [9.17, 15) is 0 Å². The first-order chi connectivity index (χ1) is 19.2. The molecule has 4 heteroatoms. The second-order valence-electron chi connectivity index (χ2n) is 9.98. The molecule has 0 fully saturated rings. The lowest BCUT2D eigenvalue weighted by Gasteiger charge is -2.06. The van der Waals surface area contributed by atoms with Crippen molar-refractivity contribution in [3.8, 4) is 11.1 Å². The maximum absolute atomic E-state index is 9.05. The molecule has 0 unspecified atom stereocenters. The monoisotopic (exact) mass is 525 g/mol. The van der Waals surface area contributed by atoms with Gasteiger partial charge in [-0.3, -0.25) is 4.99 Å². The van der Waals surface area contributed by atoms with Crippen LogP contribution in [0.1, 0.15) is 55.7 Å². The van der Waals surface area contributed by atoms with Gasteiger partial charge in [-0.25, -0.2) is 4.57 Å². The molecule has 0 aliphatic heterocycles. The van der Waals surface area contributed by atoms with Crippen LogP contribution in [-0.2, 0) is 25.8 Å². The quantitative estimate of drug-likeness (QED) is 0.0918. The van der Waals surface area contributed by atoms with E-state index in [0.717, 1.165) is 64.5 Å². The van der Waals surface area contributed by atoms with Crippen LogP contribution in [0.15, 0.2) is 102 Å². The third-order valence-corrected chi connectivity index (χ3v) is 6.91. The van der Waals surface area contributed by atoms with Gasteiger partial charge in [0.1, 0.15) is 6.54 Å². The Morgan fingerprint density at radius 3 is 2.05 bits per heavy atom. The number of hydrogen-bond donors (Lipinski definition) is 2. The SMILES string of the molecule is C\C=C(/C=C\C=N\CCCc1ccc(-c2ccc(CCC[n+]3cccc(CCCO)c3)cc2)cc1)CCCO. The predicted molar refractivity (Wildman–Crippen MR) is 163 cm³/mol. The summed E-state index contributed by atoms with van der Waals surface area (Å²) in [5, 5.41) is 18.0. The number of aliphatic hydroxyl groups excluding tert-OH is 2. The summed E-state index contributed by atoms with van der Waals surface area (Å²) in [6.07, 6.45) is 20.0. The van der Waals surface area contributed by atoms with E-state index in [1.54, 1.807) is 0 Å². The highest BCUT2D eigenvalue weighted by Crippen LogP contribution is 2.21. The summed E-state index contributed by atoms with van der Waals surface area (Å²) in [5.74, 6) is 0. The Kier molecular flexibility index (Phi) is 14.0. The molecule has 0 atom stereocenters. The first kappa shape index (κ1) is 30.2. The number of nitrogens with zero attached hydrogens (tertiary/aromatic N) is 2. The van der Waals surface area contributed by atoms with Crippen molar-refractivity contribution < 1.29 is 14.8 Å². The van der Waals surface area contributed by atoms with Crippen molar-refractivity contribution in [2.75, 3.05) is 19.8 Å². The van der Waals surface area contributed by atoms with Gasteiger partial charge in [0.25, 0.3) is 0 Å². The van der Waals surface area contributed by atoms with Crippen LogP contribution in [0, 0.1) is 0 Å². The van der Waals surface area contributed by atoms with E-state index in [0.29, 0.717) is 0 Å². The zero-order chi connectivity index (χ0) is 27.5. The standard InChI is InChI=1S/C35H45N2O2/c1-2-30(13-7-27-38)9-3-23-36-24-4-10-31-15-19-34(20-16-31)35-21-17-32(18-22-35)11-5-25-37-26-6-12-33(29-37)14-8-28-39/h2-3,6,9,12,15-23,26,29,38-39H,4-5,7-8,10-11,13-14,24-25,27-28H2,1H3/q+1/b9-3-,30-2+,36-23+. The number of benzene rings is 2. The van der Waals surface area contributed by atoms with Gasteiger partial charge in [-0.15, -0.1) is 0 Å². The van der Waals surface area contributed by atoms with Gasteiger partial charge in [0.05, 0.1) is 0 Å². The number of pyridine rings is 1. The summed E-state index contributed by atoms with van der Waals surface area (Å²) in [7, 11) is 0. The van der Waals surface area contributed by atoms with Crippen LogP contribution >= 0.6 is 0 Å². The predicted octanol–water partition coefficient (Wildman–Crippen LogP) is 6.48. The largest absolute Gasteiger partial charge is 0.396 e. The Balaban J connectivity index is 1.38. The van der Waals surface area contributed by atoms with E-state index in [1.807, 2.05) is 19.2 Å². The van der Waals surface area contributed by atoms with Crippen molar-refractivity contribution in [2.24, 2.45) is 4.99 Å². The van der Waals surface area contributed by atoms with Crippen molar-refractivity contribution in [2.45, 2.75) is 64.8 Å². The van der Waals surface area contributed by atoms with Gasteiger partial charge in [-0.05, 0) is 86.3 Å². The lowest BCUT2D eigenvalue weighted by atomic mass is 10.00. The van der Waals surface area contributed by atoms with E-state index >= 15 is 0 Å². The average Bonchev–Trinajstić information content (AvgIpc) is 2.98. The Labute approximate surface area is 235 Å². The number of aliphatic imine (C=N–C) groups is 1. The number of allylic oxidation sites excluding steroid dienone is 4. The molecule has 0 saturated heterocycles. The smallest absolute Gasteiger partial charge is 0.171 e. The van der Waals surface area contributed by atoms with Gasteiger partial charge in [0, 0.05) is 44.0 Å². The molecule has 2 aromatic carbocycles. The Bertz CT molecular complexity index is 1180. The lowest BCUT2D eigenvalue weighted by molar-refractivity contribution is -0.697. The molecular formula is C35H45N2O2+. The molecule has 0 radical (unpaired) electrons. The second-order valence-corrected chi connectivity index (χ2v) is 9.98. The van der Waals surface area contributed by atoms with Crippen LogP contribution in [0.5, 0.6) is 0 Å². The van der Waals surface area contributed by atoms with Crippen LogP contribution < -0.4 is 4.57 Å². The van der Waals surface area contributed by atoms with Crippen LogP contribution in [0.25, 0.3) is 11.1 Å². The van der Waals surface area contributed by atoms with Crippen LogP contribution in [0.2, 0.25) is 0 Å². The molecule has 0 saturated carbocycles. The van der Waals surface area contributed by atoms with E-state index in [-0.39, 0.29) is 13.2 Å². The van der Waals surface area contributed by atoms with Crippen molar-refractivity contribution in [1.29, 1.82) is 0 Å². The molecule has 0 amide bonds. The Morgan fingerprint density at radius 2 is 1.41 bits per heavy atom. The molecule has 0 bridgehead atoms. The molecule has 3 aromatic rings. The van der Waals surface area contributed by atoms with Crippen molar-refractivity contribution in [3.05, 3.63) is 114 Å². The molecule has 3 rings (SSSR count). The van der Waals surface area contributed by atoms with Crippen LogP contribution in [-0.4, -0.2) is 36.2 Å². The van der Waals surface area contributed by atoms with Crippen LogP contribution in [0.4, 0.5) is 0 Å². The highest BCUT2D eigenvalue weighted by Gasteiger charge is 2.04. The molecule has 0 spiro atoms. The fraction of sp³-hybridized carbons (Fsp3) is 0.371. The third-order valence-electron chi connectivity index (χ3n) is 6.91. The first-order valence-corrected chi connectivity index (χ1v) is 14.4. The fourth-order valence-corrected chi connectivity index (χ4v) is 4.62. The van der Waals surface area contributed by atoms with Crippen molar-refractivity contribution in [3.63, 3.8) is 0 Å². The Hall–Kier alpha value is -3.34. The van der Waals surface area contributed by atoms with Crippen molar-refractivity contribution >= 4 is 6.21 Å².